The Labute approximate surface area is 149 Å². The maximum absolute atomic E-state index is 13.9. The van der Waals surface area contributed by atoms with Crippen molar-refractivity contribution in [1.82, 2.24) is 13.3 Å². The first-order valence-electron chi connectivity index (χ1n) is 6.57. The Morgan fingerprint density at radius 2 is 1.26 bits per heavy atom. The van der Waals surface area contributed by atoms with Gasteiger partial charge in [-0.2, -0.15) is 26.3 Å². The van der Waals surface area contributed by atoms with E-state index in [2.05, 4.69) is 0 Å². The quantitative estimate of drug-likeness (QED) is 0.494. The highest BCUT2D eigenvalue weighted by molar-refractivity contribution is 8.13. The highest BCUT2D eigenvalue weighted by Gasteiger charge is 2.63. The average molecular weight is 475 g/mol. The van der Waals surface area contributed by atoms with Crippen LogP contribution in [0.25, 0.3) is 0 Å². The lowest BCUT2D eigenvalue weighted by molar-refractivity contribution is -0.0441. The van der Waals surface area contributed by atoms with Crippen molar-refractivity contribution in [3.8, 4) is 0 Å². The zero-order valence-corrected chi connectivity index (χ0v) is 15.3. The van der Waals surface area contributed by atoms with Gasteiger partial charge in [0.25, 0.3) is 16.4 Å². The Bertz CT molecular complexity index is 847. The number of hydrogen-bond acceptors (Lipinski definition) is 7. The van der Waals surface area contributed by atoms with Crippen LogP contribution in [0.3, 0.4) is 0 Å². The Morgan fingerprint density at radius 1 is 0.815 bits per heavy atom. The van der Waals surface area contributed by atoms with E-state index in [1.165, 1.54) is 0 Å². The van der Waals surface area contributed by atoms with E-state index in [-0.39, 0.29) is 8.43 Å². The molecular weight excluding hydrogens is 463 g/mol. The number of nitrogens with zero attached hydrogens (tertiary/aromatic N) is 2. The molecule has 0 bridgehead atoms. The van der Waals surface area contributed by atoms with E-state index in [0.29, 0.717) is 0 Å². The highest BCUT2D eigenvalue weighted by atomic mass is 32.3. The van der Waals surface area contributed by atoms with Crippen molar-refractivity contribution in [2.45, 2.75) is 16.5 Å². The number of piperazine rings is 1. The number of rotatable bonds is 7. The number of halogens is 7. The van der Waals surface area contributed by atoms with Crippen LogP contribution in [-0.2, 0) is 30.1 Å². The second kappa shape index (κ2) is 7.58. The third kappa shape index (κ3) is 5.00. The molecule has 19 heteroatoms. The van der Waals surface area contributed by atoms with Gasteiger partial charge in [0, 0.05) is 26.2 Å². The molecule has 0 spiro atoms. The topological polar surface area (TPSA) is 121 Å². The van der Waals surface area contributed by atoms with Crippen LogP contribution in [0.4, 0.5) is 30.7 Å². The van der Waals surface area contributed by atoms with Crippen molar-refractivity contribution in [2.24, 2.45) is 0 Å². The molecule has 0 radical (unpaired) electrons. The van der Waals surface area contributed by atoms with Gasteiger partial charge in [-0.1, -0.05) is 4.13 Å². The lowest BCUT2D eigenvalue weighted by atomic mass is 10.3. The smallest absolute Gasteiger partial charge is 0.295 e. The van der Waals surface area contributed by atoms with Gasteiger partial charge in [-0.05, 0) is 0 Å². The van der Waals surface area contributed by atoms with E-state index < -0.39 is 79.3 Å². The Balaban J connectivity index is 3.08. The van der Waals surface area contributed by atoms with E-state index >= 15 is 0 Å². The maximum Gasteiger partial charge on any atom is 0.512 e. The van der Waals surface area contributed by atoms with Crippen LogP contribution in [0, 0.1) is 0 Å². The van der Waals surface area contributed by atoms with Gasteiger partial charge in [-0.3, -0.25) is 4.90 Å². The Morgan fingerprint density at radius 3 is 1.63 bits per heavy atom. The van der Waals surface area contributed by atoms with Crippen molar-refractivity contribution in [3.63, 3.8) is 0 Å². The summed E-state index contributed by atoms with van der Waals surface area (Å²) in [5.41, 5.74) is -6.30. The molecule has 1 N–H and O–H groups in total. The molecule has 1 aliphatic rings. The minimum absolute atomic E-state index is 0.144. The van der Waals surface area contributed by atoms with Gasteiger partial charge in [0.05, 0.1) is 6.54 Å². The zero-order chi connectivity index (χ0) is 21.5. The summed E-state index contributed by atoms with van der Waals surface area (Å²) >= 11 is 0. The van der Waals surface area contributed by atoms with Crippen LogP contribution < -0.4 is 4.13 Å². The van der Waals surface area contributed by atoms with E-state index in [1.54, 1.807) is 0 Å². The first-order valence-corrected chi connectivity index (χ1v) is 11.0. The van der Waals surface area contributed by atoms with Crippen molar-refractivity contribution in [1.29, 1.82) is 0 Å². The maximum atomic E-state index is 13.9. The molecule has 0 aromatic carbocycles. The second-order valence-electron chi connectivity index (χ2n) is 5.10. The molecule has 0 aromatic rings. The van der Waals surface area contributed by atoms with Crippen LogP contribution in [0.5, 0.6) is 0 Å². The van der Waals surface area contributed by atoms with Crippen LogP contribution in [0.1, 0.15) is 0 Å². The third-order valence-electron chi connectivity index (χ3n) is 3.20. The van der Waals surface area contributed by atoms with Gasteiger partial charge >= 0.3 is 30.1 Å². The van der Waals surface area contributed by atoms with Gasteiger partial charge < -0.3 is 0 Å². The SMILES string of the molecule is O=S(=O)(NS(=O)(=O)C(F)(F)S(=O)(=O)N1CCN(CC(F)F)CC1)C(F)(F)F. The predicted molar refractivity (Wildman–Crippen MR) is 74.9 cm³/mol. The monoisotopic (exact) mass is 475 g/mol. The molecular formula is C8H12F7N3O6S3. The molecule has 1 heterocycles. The van der Waals surface area contributed by atoms with Crippen molar-refractivity contribution in [2.75, 3.05) is 32.7 Å². The minimum atomic E-state index is -6.89. The summed E-state index contributed by atoms with van der Waals surface area (Å²) < 4.78 is 150. The average Bonchev–Trinajstić information content (AvgIpc) is 2.44. The van der Waals surface area contributed by atoms with Crippen LogP contribution in [0.2, 0.25) is 0 Å². The zero-order valence-electron chi connectivity index (χ0n) is 12.8. The lowest BCUT2D eigenvalue weighted by Gasteiger charge is -2.35. The number of sulfonamides is 3. The minimum Gasteiger partial charge on any atom is -0.295 e. The van der Waals surface area contributed by atoms with Gasteiger partial charge in [-0.25, -0.2) is 34.0 Å². The summed E-state index contributed by atoms with van der Waals surface area (Å²) in [6.45, 7) is -3.53. The summed E-state index contributed by atoms with van der Waals surface area (Å²) in [6.07, 6.45) is -2.81. The molecule has 0 aromatic heterocycles. The summed E-state index contributed by atoms with van der Waals surface area (Å²) in [5.74, 6) is 0. The van der Waals surface area contributed by atoms with E-state index in [1.807, 2.05) is 0 Å². The molecule has 162 valence electrons. The summed E-state index contributed by atoms with van der Waals surface area (Å²) in [5, 5.41) is 0. The molecule has 1 aliphatic heterocycles. The van der Waals surface area contributed by atoms with Crippen LogP contribution in [0.15, 0.2) is 0 Å². The third-order valence-corrected chi connectivity index (χ3v) is 9.13. The van der Waals surface area contributed by atoms with Gasteiger partial charge in [-0.15, -0.1) is 0 Å². The molecule has 0 unspecified atom stereocenters. The van der Waals surface area contributed by atoms with E-state index in [4.69, 9.17) is 0 Å². The lowest BCUT2D eigenvalue weighted by Crippen LogP contribution is -2.58. The molecule has 0 atom stereocenters. The predicted octanol–water partition coefficient (Wildman–Crippen LogP) is -0.482. The standard InChI is InChI=1S/C8H12F7N3O6S3/c9-6(10)5-17-1-3-18(4-2-17)27(23,24)8(14,15)26(21,22)16-25(19,20)7(11,12)13/h6,16H,1-5H2. The molecule has 9 nitrogen and oxygen atoms in total. The fraction of sp³-hybridized carbons (Fsp3) is 1.00. The van der Waals surface area contributed by atoms with Crippen LogP contribution in [-0.4, -0.2) is 83.7 Å². The van der Waals surface area contributed by atoms with Gasteiger partial charge in [0.15, 0.2) is 0 Å². The molecule has 0 saturated carbocycles. The van der Waals surface area contributed by atoms with Gasteiger partial charge in [0.2, 0.25) is 0 Å². The Hall–Kier alpha value is -0.760. The molecule has 0 amide bonds. The first-order chi connectivity index (χ1) is 11.8. The fourth-order valence-corrected chi connectivity index (χ4v) is 6.47. The normalized spacial score (nSPS) is 19.6. The molecule has 27 heavy (non-hydrogen) atoms. The first kappa shape index (κ1) is 24.3. The van der Waals surface area contributed by atoms with E-state index in [9.17, 15) is 56.0 Å². The van der Waals surface area contributed by atoms with Crippen LogP contribution >= 0.6 is 0 Å². The highest BCUT2D eigenvalue weighted by Crippen LogP contribution is 2.33. The summed E-state index contributed by atoms with van der Waals surface area (Å²) in [6, 6.07) is 0. The number of hydrogen-bond donors (Lipinski definition) is 1. The molecule has 0 aliphatic carbocycles. The molecule has 1 saturated heterocycles. The fourth-order valence-electron chi connectivity index (χ4n) is 1.88. The number of nitrogens with one attached hydrogen (secondary N) is 1. The Kier molecular flexibility index (Phi) is 6.81. The summed E-state index contributed by atoms with van der Waals surface area (Å²) in [7, 11) is -19.9. The molecule has 1 fully saturated rings. The molecule has 1 rings (SSSR count). The van der Waals surface area contributed by atoms with Crippen molar-refractivity contribution in [3.05, 3.63) is 0 Å². The summed E-state index contributed by atoms with van der Waals surface area (Å²) in [4.78, 5) is 0.982. The second-order valence-corrected chi connectivity index (χ2v) is 11.0. The number of alkyl halides is 7. The van der Waals surface area contributed by atoms with Gasteiger partial charge in [0.1, 0.15) is 0 Å². The van der Waals surface area contributed by atoms with E-state index in [0.717, 1.165) is 4.90 Å². The van der Waals surface area contributed by atoms with Crippen molar-refractivity contribution >= 4 is 30.1 Å². The largest absolute Gasteiger partial charge is 0.512 e. The van der Waals surface area contributed by atoms with Crippen molar-refractivity contribution < 1.29 is 56.0 Å².